The fraction of sp³-hybridized carbons (Fsp3) is 0.400. The maximum atomic E-state index is 11.8. The molecule has 0 amide bonds. The Morgan fingerprint density at radius 1 is 1.16 bits per heavy atom. The van der Waals surface area contributed by atoms with Crippen LogP contribution in [0.3, 0.4) is 0 Å². The molecule has 0 bridgehead atoms. The molecule has 0 atom stereocenters. The highest BCUT2D eigenvalue weighted by Crippen LogP contribution is 2.21. The topological polar surface area (TPSA) is 35.5 Å². The van der Waals surface area contributed by atoms with E-state index >= 15 is 0 Å². The second kappa shape index (κ2) is 6.57. The highest BCUT2D eigenvalue weighted by molar-refractivity contribution is 6.77. The minimum absolute atomic E-state index is 0.238. The van der Waals surface area contributed by atoms with Crippen molar-refractivity contribution in [3.63, 3.8) is 0 Å². The van der Waals surface area contributed by atoms with Crippen molar-refractivity contribution in [3.8, 4) is 5.75 Å². The predicted octanol–water partition coefficient (Wildman–Crippen LogP) is 3.59. The Bertz CT molecular complexity index is 455. The highest BCUT2D eigenvalue weighted by atomic mass is 28.3. The summed E-state index contributed by atoms with van der Waals surface area (Å²) in [5.74, 6) is 0.570. The Labute approximate surface area is 116 Å². The molecular weight excluding hydrogens is 256 g/mol. The molecule has 0 radical (unpaired) electrons. The molecule has 1 aromatic carbocycles. The third-order valence-electron chi connectivity index (χ3n) is 2.63. The maximum Gasteiger partial charge on any atom is 0.333 e. The lowest BCUT2D eigenvalue weighted by Gasteiger charge is -2.17. The van der Waals surface area contributed by atoms with Crippen molar-refractivity contribution < 1.29 is 14.3 Å². The Morgan fingerprint density at radius 2 is 1.74 bits per heavy atom. The zero-order valence-electron chi connectivity index (χ0n) is 12.3. The SMILES string of the molecule is COC(=O)/C(=C/c1ccc(OC)cc1)C[Si](C)(C)C. The molecule has 104 valence electrons. The van der Waals surface area contributed by atoms with Crippen molar-refractivity contribution >= 4 is 20.1 Å². The van der Waals surface area contributed by atoms with Crippen LogP contribution in [0, 0.1) is 0 Å². The fourth-order valence-electron chi connectivity index (χ4n) is 1.79. The molecule has 4 heteroatoms. The molecule has 1 aromatic rings. The number of benzene rings is 1. The Kier molecular flexibility index (Phi) is 5.36. The summed E-state index contributed by atoms with van der Waals surface area (Å²) < 4.78 is 9.98. The maximum absolute atomic E-state index is 11.8. The second-order valence-corrected chi connectivity index (χ2v) is 11.1. The summed E-state index contributed by atoms with van der Waals surface area (Å²) in [6.07, 6.45) is 1.91. The standard InChI is InChI=1S/C15H22O3Si/c1-17-14-8-6-12(7-9-14)10-13(15(16)18-2)11-19(3,4)5/h6-10H,11H2,1-5H3/b13-10+. The van der Waals surface area contributed by atoms with Crippen LogP contribution in [-0.2, 0) is 9.53 Å². The van der Waals surface area contributed by atoms with Crippen LogP contribution >= 0.6 is 0 Å². The smallest absolute Gasteiger partial charge is 0.333 e. The normalized spacial score (nSPS) is 12.2. The Hall–Kier alpha value is -1.55. The number of esters is 1. The van der Waals surface area contributed by atoms with Crippen molar-refractivity contribution in [3.05, 3.63) is 35.4 Å². The van der Waals surface area contributed by atoms with E-state index in [0.29, 0.717) is 0 Å². The van der Waals surface area contributed by atoms with E-state index in [4.69, 9.17) is 9.47 Å². The van der Waals surface area contributed by atoms with E-state index in [1.807, 2.05) is 30.3 Å². The van der Waals surface area contributed by atoms with Crippen molar-refractivity contribution in [2.75, 3.05) is 14.2 Å². The van der Waals surface area contributed by atoms with E-state index in [1.165, 1.54) is 7.11 Å². The predicted molar refractivity (Wildman–Crippen MR) is 81.1 cm³/mol. The lowest BCUT2D eigenvalue weighted by atomic mass is 10.1. The molecule has 3 nitrogen and oxygen atoms in total. The van der Waals surface area contributed by atoms with Gasteiger partial charge in [0, 0.05) is 13.6 Å². The zero-order valence-corrected chi connectivity index (χ0v) is 13.3. The minimum Gasteiger partial charge on any atom is -0.497 e. The zero-order chi connectivity index (χ0) is 14.5. The number of hydrogen-bond acceptors (Lipinski definition) is 3. The van der Waals surface area contributed by atoms with Gasteiger partial charge in [-0.25, -0.2) is 4.79 Å². The summed E-state index contributed by atoms with van der Waals surface area (Å²) in [4.78, 5) is 11.8. The summed E-state index contributed by atoms with van der Waals surface area (Å²) in [7, 11) is 1.70. The monoisotopic (exact) mass is 278 g/mol. The molecular formula is C15H22O3Si. The third kappa shape index (κ3) is 5.30. The fourth-order valence-corrected chi connectivity index (χ4v) is 3.17. The van der Waals surface area contributed by atoms with Gasteiger partial charge in [-0.1, -0.05) is 31.8 Å². The van der Waals surface area contributed by atoms with Crippen LogP contribution in [-0.4, -0.2) is 28.3 Å². The first kappa shape index (κ1) is 15.5. The number of rotatable bonds is 5. The van der Waals surface area contributed by atoms with Gasteiger partial charge in [0.25, 0.3) is 0 Å². The molecule has 0 saturated carbocycles. The molecule has 0 N–H and O–H groups in total. The van der Waals surface area contributed by atoms with E-state index in [-0.39, 0.29) is 5.97 Å². The second-order valence-electron chi connectivity index (χ2n) is 5.67. The van der Waals surface area contributed by atoms with Crippen LogP contribution in [0.15, 0.2) is 29.8 Å². The molecule has 1 rings (SSSR count). The van der Waals surface area contributed by atoms with Gasteiger partial charge in [0.05, 0.1) is 14.2 Å². The quantitative estimate of drug-likeness (QED) is 0.469. The van der Waals surface area contributed by atoms with Gasteiger partial charge in [0.1, 0.15) is 5.75 Å². The molecule has 0 aliphatic heterocycles. The number of methoxy groups -OCH3 is 2. The number of ether oxygens (including phenoxy) is 2. The summed E-state index contributed by atoms with van der Waals surface area (Å²) in [6.45, 7) is 6.70. The van der Waals surface area contributed by atoms with Crippen molar-refractivity contribution in [2.24, 2.45) is 0 Å². The first-order valence-electron chi connectivity index (χ1n) is 6.28. The Balaban J connectivity index is 3.01. The van der Waals surface area contributed by atoms with E-state index in [9.17, 15) is 4.79 Å². The number of hydrogen-bond donors (Lipinski definition) is 0. The molecule has 0 saturated heterocycles. The van der Waals surface area contributed by atoms with Gasteiger partial charge in [-0.15, -0.1) is 0 Å². The third-order valence-corrected chi connectivity index (χ3v) is 4.07. The Morgan fingerprint density at radius 3 is 2.16 bits per heavy atom. The van der Waals surface area contributed by atoms with Gasteiger partial charge in [-0.05, 0) is 29.8 Å². The van der Waals surface area contributed by atoms with E-state index in [0.717, 1.165) is 22.9 Å². The van der Waals surface area contributed by atoms with Crippen molar-refractivity contribution in [2.45, 2.75) is 25.7 Å². The van der Waals surface area contributed by atoms with Crippen molar-refractivity contribution in [1.82, 2.24) is 0 Å². The number of carbonyl (C=O) groups is 1. The summed E-state index contributed by atoms with van der Waals surface area (Å²) in [5.41, 5.74) is 1.73. The lowest BCUT2D eigenvalue weighted by molar-refractivity contribution is -0.135. The highest BCUT2D eigenvalue weighted by Gasteiger charge is 2.20. The molecule has 0 unspecified atom stereocenters. The van der Waals surface area contributed by atoms with Gasteiger partial charge in [-0.3, -0.25) is 0 Å². The summed E-state index contributed by atoms with van der Waals surface area (Å²) in [5, 5.41) is 0. The first-order chi connectivity index (χ1) is 8.85. The molecule has 0 heterocycles. The average molecular weight is 278 g/mol. The van der Waals surface area contributed by atoms with E-state index < -0.39 is 8.07 Å². The van der Waals surface area contributed by atoms with Gasteiger partial charge >= 0.3 is 5.97 Å². The molecule has 0 fully saturated rings. The summed E-state index contributed by atoms with van der Waals surface area (Å²) >= 11 is 0. The van der Waals surface area contributed by atoms with Crippen LogP contribution in [0.4, 0.5) is 0 Å². The van der Waals surface area contributed by atoms with Gasteiger partial charge < -0.3 is 9.47 Å². The molecule has 19 heavy (non-hydrogen) atoms. The minimum atomic E-state index is -1.36. The van der Waals surface area contributed by atoms with Crippen LogP contribution < -0.4 is 4.74 Å². The first-order valence-corrected chi connectivity index (χ1v) is 9.99. The summed E-state index contributed by atoms with van der Waals surface area (Å²) in [6, 6.07) is 8.45. The van der Waals surface area contributed by atoms with E-state index in [1.54, 1.807) is 7.11 Å². The molecule has 0 aliphatic carbocycles. The van der Waals surface area contributed by atoms with Crippen LogP contribution in [0.25, 0.3) is 6.08 Å². The van der Waals surface area contributed by atoms with Gasteiger partial charge in [-0.2, -0.15) is 0 Å². The average Bonchev–Trinajstić information content (AvgIpc) is 2.36. The van der Waals surface area contributed by atoms with E-state index in [2.05, 4.69) is 19.6 Å². The lowest BCUT2D eigenvalue weighted by Crippen LogP contribution is -2.23. The molecule has 0 spiro atoms. The molecule has 0 aliphatic rings. The van der Waals surface area contributed by atoms with Crippen LogP contribution in [0.1, 0.15) is 5.56 Å². The van der Waals surface area contributed by atoms with Crippen molar-refractivity contribution in [1.29, 1.82) is 0 Å². The largest absolute Gasteiger partial charge is 0.497 e. The number of carbonyl (C=O) groups excluding carboxylic acids is 1. The van der Waals surface area contributed by atoms with Gasteiger partial charge in [0.2, 0.25) is 0 Å². The van der Waals surface area contributed by atoms with Gasteiger partial charge in [0.15, 0.2) is 0 Å². The molecule has 0 aromatic heterocycles. The van der Waals surface area contributed by atoms with Crippen LogP contribution in [0.5, 0.6) is 5.75 Å². The van der Waals surface area contributed by atoms with Crippen LogP contribution in [0.2, 0.25) is 25.7 Å².